The SMILES string of the molecule is Cc1ccccc1CCNC(C)c1cccs1. The summed E-state index contributed by atoms with van der Waals surface area (Å²) >= 11 is 1.82. The molecule has 1 atom stereocenters. The maximum absolute atomic E-state index is 3.57. The Morgan fingerprint density at radius 3 is 2.71 bits per heavy atom. The van der Waals surface area contributed by atoms with E-state index in [9.17, 15) is 0 Å². The van der Waals surface area contributed by atoms with Crippen LogP contribution >= 0.6 is 11.3 Å². The third kappa shape index (κ3) is 3.42. The first kappa shape index (κ1) is 12.3. The van der Waals surface area contributed by atoms with Crippen LogP contribution in [0.4, 0.5) is 0 Å². The van der Waals surface area contributed by atoms with Crippen molar-refractivity contribution in [3.8, 4) is 0 Å². The van der Waals surface area contributed by atoms with Crippen LogP contribution in [0.15, 0.2) is 41.8 Å². The lowest BCUT2D eigenvalue weighted by Gasteiger charge is -2.12. The second-order valence-corrected chi connectivity index (χ2v) is 5.35. The van der Waals surface area contributed by atoms with E-state index in [1.807, 2.05) is 11.3 Å². The third-order valence-corrected chi connectivity index (χ3v) is 4.13. The lowest BCUT2D eigenvalue weighted by molar-refractivity contribution is 0.584. The average molecular weight is 245 g/mol. The fraction of sp³-hybridized carbons (Fsp3) is 0.333. The summed E-state index contributed by atoms with van der Waals surface area (Å²) in [6.07, 6.45) is 1.10. The first-order valence-corrected chi connectivity index (χ1v) is 6.96. The molecule has 0 spiro atoms. The van der Waals surface area contributed by atoms with Crippen molar-refractivity contribution in [2.45, 2.75) is 26.3 Å². The molecule has 0 bridgehead atoms. The van der Waals surface area contributed by atoms with E-state index in [1.165, 1.54) is 16.0 Å². The molecule has 90 valence electrons. The zero-order chi connectivity index (χ0) is 12.1. The van der Waals surface area contributed by atoms with Crippen molar-refractivity contribution in [1.82, 2.24) is 5.32 Å². The summed E-state index contributed by atoms with van der Waals surface area (Å²) in [6, 6.07) is 13.4. The van der Waals surface area contributed by atoms with Gasteiger partial charge in [0, 0.05) is 10.9 Å². The van der Waals surface area contributed by atoms with Crippen LogP contribution in [0.5, 0.6) is 0 Å². The minimum Gasteiger partial charge on any atom is -0.309 e. The predicted molar refractivity (Wildman–Crippen MR) is 75.6 cm³/mol. The number of aryl methyl sites for hydroxylation is 1. The van der Waals surface area contributed by atoms with E-state index >= 15 is 0 Å². The molecule has 0 aliphatic heterocycles. The van der Waals surface area contributed by atoms with Gasteiger partial charge in [-0.1, -0.05) is 30.3 Å². The highest BCUT2D eigenvalue weighted by molar-refractivity contribution is 7.10. The summed E-state index contributed by atoms with van der Waals surface area (Å²) in [5, 5.41) is 5.70. The fourth-order valence-electron chi connectivity index (χ4n) is 1.95. The Hall–Kier alpha value is -1.12. The topological polar surface area (TPSA) is 12.0 Å². The maximum Gasteiger partial charge on any atom is 0.0386 e. The van der Waals surface area contributed by atoms with Crippen LogP contribution in [0.1, 0.15) is 29.0 Å². The van der Waals surface area contributed by atoms with E-state index in [-0.39, 0.29) is 0 Å². The second kappa shape index (κ2) is 5.99. The number of benzene rings is 1. The smallest absolute Gasteiger partial charge is 0.0386 e. The van der Waals surface area contributed by atoms with Gasteiger partial charge in [-0.25, -0.2) is 0 Å². The van der Waals surface area contributed by atoms with Crippen molar-refractivity contribution < 1.29 is 0 Å². The van der Waals surface area contributed by atoms with Gasteiger partial charge in [-0.3, -0.25) is 0 Å². The van der Waals surface area contributed by atoms with Crippen molar-refractivity contribution >= 4 is 11.3 Å². The van der Waals surface area contributed by atoms with E-state index in [0.29, 0.717) is 6.04 Å². The molecular weight excluding hydrogens is 226 g/mol. The summed E-state index contributed by atoms with van der Waals surface area (Å²) in [6.45, 7) is 5.44. The lowest BCUT2D eigenvalue weighted by Crippen LogP contribution is -2.20. The number of hydrogen-bond acceptors (Lipinski definition) is 2. The normalized spacial score (nSPS) is 12.6. The minimum atomic E-state index is 0.457. The molecule has 1 unspecified atom stereocenters. The van der Waals surface area contributed by atoms with Gasteiger partial charge in [0.25, 0.3) is 0 Å². The Kier molecular flexibility index (Phi) is 4.35. The summed E-state index contributed by atoms with van der Waals surface area (Å²) in [5.74, 6) is 0. The first-order valence-electron chi connectivity index (χ1n) is 6.08. The van der Waals surface area contributed by atoms with Crippen molar-refractivity contribution in [2.75, 3.05) is 6.54 Å². The summed E-state index contributed by atoms with van der Waals surface area (Å²) < 4.78 is 0. The highest BCUT2D eigenvalue weighted by atomic mass is 32.1. The molecule has 1 nitrogen and oxygen atoms in total. The number of nitrogens with one attached hydrogen (secondary N) is 1. The number of rotatable bonds is 5. The van der Waals surface area contributed by atoms with E-state index in [0.717, 1.165) is 13.0 Å². The largest absolute Gasteiger partial charge is 0.309 e. The van der Waals surface area contributed by atoms with Crippen LogP contribution in [-0.2, 0) is 6.42 Å². The lowest BCUT2D eigenvalue weighted by atomic mass is 10.1. The minimum absolute atomic E-state index is 0.457. The van der Waals surface area contributed by atoms with Gasteiger partial charge in [0.1, 0.15) is 0 Å². The monoisotopic (exact) mass is 245 g/mol. The van der Waals surface area contributed by atoms with E-state index in [1.54, 1.807) is 0 Å². The van der Waals surface area contributed by atoms with Crippen molar-refractivity contribution in [3.63, 3.8) is 0 Å². The quantitative estimate of drug-likeness (QED) is 0.841. The van der Waals surface area contributed by atoms with Crippen LogP contribution in [0.3, 0.4) is 0 Å². The Labute approximate surface area is 108 Å². The molecule has 0 aliphatic carbocycles. The van der Waals surface area contributed by atoms with Crippen molar-refractivity contribution in [1.29, 1.82) is 0 Å². The van der Waals surface area contributed by atoms with Gasteiger partial charge in [0.05, 0.1) is 0 Å². The van der Waals surface area contributed by atoms with Crippen molar-refractivity contribution in [3.05, 3.63) is 57.8 Å². The molecule has 0 radical (unpaired) electrons. The average Bonchev–Trinajstić information content (AvgIpc) is 2.85. The van der Waals surface area contributed by atoms with Crippen LogP contribution in [0.2, 0.25) is 0 Å². The molecule has 0 saturated heterocycles. The van der Waals surface area contributed by atoms with E-state index < -0.39 is 0 Å². The van der Waals surface area contributed by atoms with Crippen molar-refractivity contribution in [2.24, 2.45) is 0 Å². The van der Waals surface area contributed by atoms with Crippen LogP contribution in [-0.4, -0.2) is 6.54 Å². The molecule has 0 saturated carbocycles. The maximum atomic E-state index is 3.57. The molecule has 2 heteroatoms. The molecule has 1 N–H and O–H groups in total. The Bertz CT molecular complexity index is 448. The summed E-state index contributed by atoms with van der Waals surface area (Å²) in [5.41, 5.74) is 2.83. The van der Waals surface area contributed by atoms with Crippen LogP contribution < -0.4 is 5.32 Å². The van der Waals surface area contributed by atoms with Crippen LogP contribution in [0, 0.1) is 6.92 Å². The Morgan fingerprint density at radius 2 is 2.00 bits per heavy atom. The van der Waals surface area contributed by atoms with Gasteiger partial charge in [0.15, 0.2) is 0 Å². The molecule has 1 aromatic heterocycles. The Balaban J connectivity index is 1.82. The molecule has 2 rings (SSSR count). The van der Waals surface area contributed by atoms with Gasteiger partial charge >= 0.3 is 0 Å². The predicted octanol–water partition coefficient (Wildman–Crippen LogP) is 3.95. The first-order chi connectivity index (χ1) is 8.27. The van der Waals surface area contributed by atoms with E-state index in [2.05, 4.69) is 60.9 Å². The molecule has 17 heavy (non-hydrogen) atoms. The van der Waals surface area contributed by atoms with Gasteiger partial charge in [-0.05, 0) is 49.4 Å². The second-order valence-electron chi connectivity index (χ2n) is 4.37. The highest BCUT2D eigenvalue weighted by Crippen LogP contribution is 2.18. The Morgan fingerprint density at radius 1 is 1.18 bits per heavy atom. The molecule has 0 amide bonds. The van der Waals surface area contributed by atoms with Gasteiger partial charge in [0.2, 0.25) is 0 Å². The van der Waals surface area contributed by atoms with Gasteiger partial charge in [-0.2, -0.15) is 0 Å². The summed E-state index contributed by atoms with van der Waals surface area (Å²) in [4.78, 5) is 1.41. The van der Waals surface area contributed by atoms with Gasteiger partial charge < -0.3 is 5.32 Å². The molecular formula is C15H19NS. The molecule has 1 aromatic carbocycles. The standard InChI is InChI=1S/C15H19NS/c1-12-6-3-4-7-14(12)9-10-16-13(2)15-8-5-11-17-15/h3-8,11,13,16H,9-10H2,1-2H3. The zero-order valence-corrected chi connectivity index (χ0v) is 11.3. The third-order valence-electron chi connectivity index (χ3n) is 3.08. The molecule has 1 heterocycles. The fourth-order valence-corrected chi connectivity index (χ4v) is 2.71. The summed E-state index contributed by atoms with van der Waals surface area (Å²) in [7, 11) is 0. The molecule has 0 aliphatic rings. The zero-order valence-electron chi connectivity index (χ0n) is 10.4. The van der Waals surface area contributed by atoms with Gasteiger partial charge in [-0.15, -0.1) is 11.3 Å². The highest BCUT2D eigenvalue weighted by Gasteiger charge is 2.05. The number of hydrogen-bond donors (Lipinski definition) is 1. The number of thiophene rings is 1. The molecule has 0 fully saturated rings. The van der Waals surface area contributed by atoms with E-state index in [4.69, 9.17) is 0 Å². The molecule has 2 aromatic rings. The van der Waals surface area contributed by atoms with Crippen LogP contribution in [0.25, 0.3) is 0 Å².